The van der Waals surface area contributed by atoms with Gasteiger partial charge in [-0.25, -0.2) is 9.13 Å². The summed E-state index contributed by atoms with van der Waals surface area (Å²) in [4.78, 5) is 72.9. The van der Waals surface area contributed by atoms with Crippen molar-refractivity contribution in [2.75, 3.05) is 39.6 Å². The molecule has 17 nitrogen and oxygen atoms in total. The molecule has 0 aromatic heterocycles. The van der Waals surface area contributed by atoms with E-state index in [0.717, 1.165) is 115 Å². The van der Waals surface area contributed by atoms with Gasteiger partial charge in [0, 0.05) is 25.7 Å². The second-order valence-corrected chi connectivity index (χ2v) is 32.0. The third kappa shape index (κ3) is 73.6. The number of aliphatic hydroxyl groups is 1. The normalized spacial score (nSPS) is 14.1. The largest absolute Gasteiger partial charge is 0.472 e. The van der Waals surface area contributed by atoms with Gasteiger partial charge in [0.15, 0.2) is 12.2 Å². The summed E-state index contributed by atoms with van der Waals surface area (Å²) in [7, 11) is -9.93. The highest BCUT2D eigenvalue weighted by Crippen LogP contribution is 2.45. The van der Waals surface area contributed by atoms with E-state index in [1.54, 1.807) is 0 Å². The maximum atomic E-state index is 13.1. The molecule has 0 aliphatic rings. The molecule has 0 heterocycles. The molecule has 0 rings (SSSR count). The number of hydrogen-bond acceptors (Lipinski definition) is 15. The van der Waals surface area contributed by atoms with Gasteiger partial charge in [0.05, 0.1) is 26.4 Å². The van der Waals surface area contributed by atoms with Gasteiger partial charge in [0.1, 0.15) is 19.3 Å². The van der Waals surface area contributed by atoms with Gasteiger partial charge in [-0.3, -0.25) is 37.3 Å². The van der Waals surface area contributed by atoms with E-state index in [1.165, 1.54) is 199 Å². The molecular weight excluding hydrogens is 1290 g/mol. The molecule has 0 aromatic carbocycles. The predicted molar refractivity (Wildman–Crippen MR) is 404 cm³/mol. The first kappa shape index (κ1) is 96.5. The molecule has 0 spiro atoms. The van der Waals surface area contributed by atoms with Crippen LogP contribution in [0.4, 0.5) is 0 Å². The second kappa shape index (κ2) is 71.2. The fourth-order valence-corrected chi connectivity index (χ4v) is 13.4. The van der Waals surface area contributed by atoms with Gasteiger partial charge in [0.25, 0.3) is 0 Å². The van der Waals surface area contributed by atoms with Gasteiger partial charge in [-0.15, -0.1) is 0 Å². The minimum atomic E-state index is -4.96. The first-order valence-corrected chi connectivity index (χ1v) is 43.8. The minimum Gasteiger partial charge on any atom is -0.462 e. The Labute approximate surface area is 605 Å². The molecule has 2 unspecified atom stereocenters. The number of esters is 4. The van der Waals surface area contributed by atoms with E-state index in [1.807, 2.05) is 0 Å². The number of carbonyl (C=O) groups is 4. The predicted octanol–water partition coefficient (Wildman–Crippen LogP) is 23.4. The lowest BCUT2D eigenvalue weighted by Crippen LogP contribution is -2.30. The van der Waals surface area contributed by atoms with Crippen LogP contribution in [0.2, 0.25) is 0 Å². The van der Waals surface area contributed by atoms with Crippen molar-refractivity contribution in [3.8, 4) is 0 Å². The van der Waals surface area contributed by atoms with Crippen LogP contribution in [0.3, 0.4) is 0 Å². The fraction of sp³-hybridized carbons (Fsp3) is 0.900. The molecule has 0 saturated heterocycles. The van der Waals surface area contributed by atoms with E-state index in [9.17, 15) is 43.2 Å². The van der Waals surface area contributed by atoms with E-state index >= 15 is 0 Å². The number of unbranched alkanes of at least 4 members (excludes halogenated alkanes) is 44. The first-order chi connectivity index (χ1) is 47.9. The lowest BCUT2D eigenvalue weighted by molar-refractivity contribution is -0.161. The SMILES string of the molecule is CCCCCC/C=C\C=C/CCCCCCCC(=O)O[C@H](COC(=O)CCCCCCCCCCC)COP(=O)(O)OC[C@H](O)COP(=O)(O)OC[C@@H](COC(=O)CCCCCCCCCCCCCCCC(C)C)OC(=O)CCCCCCCCCCCCCCCCCCC(C)C. The number of rotatable bonds is 77. The highest BCUT2D eigenvalue weighted by molar-refractivity contribution is 7.47. The molecule has 99 heavy (non-hydrogen) atoms. The summed E-state index contributed by atoms with van der Waals surface area (Å²) in [6.07, 6.45) is 63.2. The zero-order chi connectivity index (χ0) is 72.8. The van der Waals surface area contributed by atoms with Gasteiger partial charge in [-0.1, -0.05) is 342 Å². The van der Waals surface area contributed by atoms with Crippen LogP contribution in [-0.2, 0) is 65.4 Å². The summed E-state index contributed by atoms with van der Waals surface area (Å²) in [6.45, 7) is 9.59. The van der Waals surface area contributed by atoms with Crippen LogP contribution in [0.5, 0.6) is 0 Å². The number of aliphatic hydroxyl groups excluding tert-OH is 1. The summed E-state index contributed by atoms with van der Waals surface area (Å²) >= 11 is 0. The molecule has 3 N–H and O–H groups in total. The van der Waals surface area contributed by atoms with Gasteiger partial charge in [-0.05, 0) is 63.2 Å². The van der Waals surface area contributed by atoms with Crippen LogP contribution in [0.1, 0.15) is 395 Å². The average molecular weight is 1450 g/mol. The Bertz CT molecular complexity index is 2000. The van der Waals surface area contributed by atoms with E-state index in [0.29, 0.717) is 25.7 Å². The number of ether oxygens (including phenoxy) is 4. The molecule has 0 saturated carbocycles. The topological polar surface area (TPSA) is 237 Å². The first-order valence-electron chi connectivity index (χ1n) is 40.8. The maximum absolute atomic E-state index is 13.1. The summed E-state index contributed by atoms with van der Waals surface area (Å²) < 4.78 is 68.6. The summed E-state index contributed by atoms with van der Waals surface area (Å²) in [5, 5.41) is 10.6. The highest BCUT2D eigenvalue weighted by Gasteiger charge is 2.30. The molecule has 0 aliphatic carbocycles. The molecule has 0 radical (unpaired) electrons. The second-order valence-electron chi connectivity index (χ2n) is 29.1. The molecule has 19 heteroatoms. The van der Waals surface area contributed by atoms with Crippen molar-refractivity contribution in [2.24, 2.45) is 11.8 Å². The van der Waals surface area contributed by atoms with Crippen molar-refractivity contribution in [3.05, 3.63) is 24.3 Å². The van der Waals surface area contributed by atoms with Crippen molar-refractivity contribution in [1.29, 1.82) is 0 Å². The molecule has 0 aromatic rings. The van der Waals surface area contributed by atoms with Gasteiger partial charge < -0.3 is 33.8 Å². The van der Waals surface area contributed by atoms with Gasteiger partial charge in [-0.2, -0.15) is 0 Å². The summed E-state index contributed by atoms with van der Waals surface area (Å²) in [5.74, 6) is -0.544. The molecule has 0 aliphatic heterocycles. The average Bonchev–Trinajstić information content (AvgIpc) is 1.47. The Hall–Kier alpha value is -2.46. The van der Waals surface area contributed by atoms with Crippen molar-refractivity contribution >= 4 is 39.5 Å². The number of allylic oxidation sites excluding steroid dienone is 4. The van der Waals surface area contributed by atoms with Crippen LogP contribution in [0, 0.1) is 11.8 Å². The zero-order valence-corrected chi connectivity index (χ0v) is 66.1. The smallest absolute Gasteiger partial charge is 0.462 e. The Morgan fingerprint density at radius 2 is 0.545 bits per heavy atom. The summed E-state index contributed by atoms with van der Waals surface area (Å²) in [5.41, 5.74) is 0. The number of phosphoric ester groups is 2. The number of carbonyl (C=O) groups excluding carboxylic acids is 4. The maximum Gasteiger partial charge on any atom is 0.472 e. The van der Waals surface area contributed by atoms with Crippen LogP contribution < -0.4 is 0 Å². The van der Waals surface area contributed by atoms with Crippen LogP contribution in [0.25, 0.3) is 0 Å². The number of hydrogen-bond donors (Lipinski definition) is 3. The van der Waals surface area contributed by atoms with E-state index < -0.39 is 97.5 Å². The fourth-order valence-electron chi connectivity index (χ4n) is 11.8. The quantitative estimate of drug-likeness (QED) is 0.0169. The molecule has 584 valence electrons. The van der Waals surface area contributed by atoms with E-state index in [-0.39, 0.29) is 25.7 Å². The van der Waals surface area contributed by atoms with Crippen molar-refractivity contribution < 1.29 is 80.2 Å². The Balaban J connectivity index is 5.26. The van der Waals surface area contributed by atoms with Crippen molar-refractivity contribution in [2.45, 2.75) is 413 Å². The Morgan fingerprint density at radius 1 is 0.313 bits per heavy atom. The molecule has 0 amide bonds. The summed E-state index contributed by atoms with van der Waals surface area (Å²) in [6, 6.07) is 0. The number of phosphoric acid groups is 2. The van der Waals surface area contributed by atoms with Crippen molar-refractivity contribution in [3.63, 3.8) is 0 Å². The van der Waals surface area contributed by atoms with E-state index in [4.69, 9.17) is 37.0 Å². The van der Waals surface area contributed by atoms with E-state index in [2.05, 4.69) is 65.8 Å². The van der Waals surface area contributed by atoms with Gasteiger partial charge in [0.2, 0.25) is 0 Å². The molecule has 0 fully saturated rings. The molecule has 5 atom stereocenters. The Morgan fingerprint density at radius 3 is 0.828 bits per heavy atom. The minimum absolute atomic E-state index is 0.0851. The van der Waals surface area contributed by atoms with Crippen LogP contribution in [-0.4, -0.2) is 96.7 Å². The molecular formula is C80H152O17P2. The lowest BCUT2D eigenvalue weighted by atomic mass is 10.0. The molecule has 0 bridgehead atoms. The van der Waals surface area contributed by atoms with Crippen LogP contribution >= 0.6 is 15.6 Å². The monoisotopic (exact) mass is 1450 g/mol. The lowest BCUT2D eigenvalue weighted by Gasteiger charge is -2.21. The third-order valence-electron chi connectivity index (χ3n) is 18.1. The zero-order valence-electron chi connectivity index (χ0n) is 64.3. The van der Waals surface area contributed by atoms with Crippen LogP contribution in [0.15, 0.2) is 24.3 Å². The Kier molecular flexibility index (Phi) is 69.4. The third-order valence-corrected chi connectivity index (χ3v) is 20.0. The van der Waals surface area contributed by atoms with Crippen molar-refractivity contribution in [1.82, 2.24) is 0 Å². The highest BCUT2D eigenvalue weighted by atomic mass is 31.2. The standard InChI is InChI=1S/C80H152O17P2/c1-7-9-11-13-15-17-18-19-22-28-34-40-46-52-58-64-79(84)96-75(68-90-77(82)62-56-50-44-36-16-14-12-10-8-2)70-94-98(86,87)92-66-74(81)67-93-99(88,89)95-71-76(69-91-78(83)63-57-51-45-39-33-30-25-27-32-38-43-49-55-61-73(5)6)97-80(85)65-59-53-47-41-35-29-24-21-20-23-26-31-37-42-48-54-60-72(3)4/h17-19,22,72-76,81H,7-16,20-21,23-71H2,1-6H3,(H,86,87)(H,88,89)/b18-17-,22-19-/t74-,75+,76+/m0/s1. The van der Waals surface area contributed by atoms with Gasteiger partial charge >= 0.3 is 39.5 Å².